The molecule has 8 nitrogen and oxygen atoms in total. The maximum absolute atomic E-state index is 12.8. The van der Waals surface area contributed by atoms with E-state index < -0.39 is 10.0 Å². The minimum absolute atomic E-state index is 0.0901. The molecule has 1 aromatic rings. The smallest absolute Gasteiger partial charge is 0.305 e. The van der Waals surface area contributed by atoms with Crippen LogP contribution in [0.4, 0.5) is 0 Å². The zero-order chi connectivity index (χ0) is 21.3. The van der Waals surface area contributed by atoms with Crippen LogP contribution >= 0.6 is 0 Å². The number of carbonyl (C=O) groups excluding carboxylic acids is 2. The molecular weight excluding hydrogens is 394 g/mol. The van der Waals surface area contributed by atoms with Crippen LogP contribution in [-0.4, -0.2) is 71.0 Å². The van der Waals surface area contributed by atoms with Gasteiger partial charge in [-0.1, -0.05) is 25.5 Å². The van der Waals surface area contributed by atoms with Crippen LogP contribution in [0.5, 0.6) is 0 Å². The number of ether oxygens (including phenoxy) is 1. The minimum Gasteiger partial charge on any atom is -0.469 e. The highest BCUT2D eigenvalue weighted by Gasteiger charge is 2.31. The van der Waals surface area contributed by atoms with Gasteiger partial charge >= 0.3 is 5.97 Å². The number of nitrogens with one attached hydrogen (secondary N) is 2. The highest BCUT2D eigenvalue weighted by Crippen LogP contribution is 2.17. The number of rotatable bonds is 10. The highest BCUT2D eigenvalue weighted by atomic mass is 32.2. The monoisotopic (exact) mass is 426 g/mol. The summed E-state index contributed by atoms with van der Waals surface area (Å²) in [5.41, 5.74) is 1.14. The lowest BCUT2D eigenvalue weighted by atomic mass is 10.1. The number of hydrogen-bond acceptors (Lipinski definition) is 5. The lowest BCUT2D eigenvalue weighted by Crippen LogP contribution is -3.15. The Hall–Kier alpha value is -1.97. The number of methoxy groups -OCH3 is 1. The van der Waals surface area contributed by atoms with Crippen LogP contribution in [0.2, 0.25) is 0 Å². The van der Waals surface area contributed by atoms with Crippen LogP contribution in [0, 0.1) is 0 Å². The van der Waals surface area contributed by atoms with Gasteiger partial charge in [-0.3, -0.25) is 9.59 Å². The number of piperazine rings is 1. The van der Waals surface area contributed by atoms with Crippen LogP contribution in [0.3, 0.4) is 0 Å². The number of aryl methyl sites for hydroxylation is 1. The molecule has 2 N–H and O–H groups in total. The van der Waals surface area contributed by atoms with Crippen molar-refractivity contribution in [3.63, 3.8) is 0 Å². The summed E-state index contributed by atoms with van der Waals surface area (Å²) >= 11 is 0. The number of nitrogens with zero attached hydrogens (tertiary/aromatic N) is 1. The Kier molecular flexibility index (Phi) is 9.06. The number of hydrogen-bond donors (Lipinski definition) is 2. The van der Waals surface area contributed by atoms with Crippen molar-refractivity contribution in [3.05, 3.63) is 29.8 Å². The molecule has 1 heterocycles. The molecule has 0 radical (unpaired) electrons. The molecule has 0 unspecified atom stereocenters. The van der Waals surface area contributed by atoms with Gasteiger partial charge in [0.25, 0.3) is 5.91 Å². The van der Waals surface area contributed by atoms with Crippen molar-refractivity contribution in [2.45, 2.75) is 37.5 Å². The van der Waals surface area contributed by atoms with Gasteiger partial charge in [0.15, 0.2) is 6.54 Å². The summed E-state index contributed by atoms with van der Waals surface area (Å²) in [6, 6.07) is 7.12. The third kappa shape index (κ3) is 7.09. The summed E-state index contributed by atoms with van der Waals surface area (Å²) in [5.74, 6) is -0.380. The molecule has 9 heteroatoms. The van der Waals surface area contributed by atoms with Crippen molar-refractivity contribution in [2.75, 3.05) is 46.4 Å². The third-order valence-corrected chi connectivity index (χ3v) is 6.96. The average Bonchev–Trinajstić information content (AvgIpc) is 2.72. The van der Waals surface area contributed by atoms with Crippen molar-refractivity contribution in [2.24, 2.45) is 0 Å². The van der Waals surface area contributed by atoms with E-state index in [9.17, 15) is 18.0 Å². The molecule has 1 amide bonds. The van der Waals surface area contributed by atoms with E-state index >= 15 is 0 Å². The van der Waals surface area contributed by atoms with E-state index in [0.29, 0.717) is 50.6 Å². The maximum Gasteiger partial charge on any atom is 0.305 e. The molecule has 1 saturated heterocycles. The van der Waals surface area contributed by atoms with Gasteiger partial charge in [0.1, 0.15) is 0 Å². The Bertz CT molecular complexity index is 772. The Balaban J connectivity index is 1.77. The quantitative estimate of drug-likeness (QED) is 0.392. The molecule has 29 heavy (non-hydrogen) atoms. The Morgan fingerprint density at radius 2 is 1.83 bits per heavy atom. The van der Waals surface area contributed by atoms with Gasteiger partial charge in [-0.2, -0.15) is 4.31 Å². The zero-order valence-electron chi connectivity index (χ0n) is 17.3. The standard InChI is InChI=1S/C20H31N3O5S/c1-3-5-17-7-9-18(10-8-17)29(26,27)23-14-12-22(13-15-23)16-19(24)21-11-4-6-20(25)28-2/h7-10H,3-6,11-16H2,1-2H3,(H,21,24)/p+1. The van der Waals surface area contributed by atoms with E-state index in [0.717, 1.165) is 23.3 Å². The highest BCUT2D eigenvalue weighted by molar-refractivity contribution is 7.89. The fourth-order valence-electron chi connectivity index (χ4n) is 3.34. The normalized spacial score (nSPS) is 15.8. The molecule has 1 aliphatic rings. The summed E-state index contributed by atoms with van der Waals surface area (Å²) in [4.78, 5) is 24.5. The van der Waals surface area contributed by atoms with E-state index in [1.807, 2.05) is 12.1 Å². The van der Waals surface area contributed by atoms with Gasteiger partial charge in [-0.25, -0.2) is 8.42 Å². The second kappa shape index (κ2) is 11.3. The number of esters is 1. The molecule has 1 aromatic carbocycles. The molecule has 1 fully saturated rings. The Morgan fingerprint density at radius 3 is 2.41 bits per heavy atom. The maximum atomic E-state index is 12.8. The minimum atomic E-state index is -3.50. The van der Waals surface area contributed by atoms with Crippen molar-refractivity contribution >= 4 is 21.9 Å². The van der Waals surface area contributed by atoms with Crippen LogP contribution in [0.15, 0.2) is 29.2 Å². The molecule has 2 rings (SSSR count). The van der Waals surface area contributed by atoms with Crippen LogP contribution < -0.4 is 10.2 Å². The second-order valence-corrected chi connectivity index (χ2v) is 9.19. The molecule has 0 spiro atoms. The topological polar surface area (TPSA) is 97.2 Å². The predicted octanol–water partition coefficient (Wildman–Crippen LogP) is -0.402. The number of amides is 1. The molecule has 0 bridgehead atoms. The van der Waals surface area contributed by atoms with E-state index in [-0.39, 0.29) is 18.3 Å². The first-order valence-electron chi connectivity index (χ1n) is 10.1. The summed E-state index contributed by atoms with van der Waals surface area (Å²) < 4.78 is 31.7. The molecule has 1 aliphatic heterocycles. The van der Waals surface area contributed by atoms with Crippen molar-refractivity contribution in [1.29, 1.82) is 0 Å². The largest absolute Gasteiger partial charge is 0.469 e. The van der Waals surface area contributed by atoms with Crippen molar-refractivity contribution in [3.8, 4) is 0 Å². The zero-order valence-corrected chi connectivity index (χ0v) is 18.1. The predicted molar refractivity (Wildman–Crippen MR) is 109 cm³/mol. The first-order valence-corrected chi connectivity index (χ1v) is 11.6. The number of carbonyl (C=O) groups is 2. The van der Waals surface area contributed by atoms with Crippen molar-refractivity contribution < 1.29 is 27.6 Å². The first kappa shape index (κ1) is 23.3. The SMILES string of the molecule is CCCc1ccc(S(=O)(=O)N2CC[NH+](CC(=O)NCCCC(=O)OC)CC2)cc1. The van der Waals surface area contributed by atoms with Crippen LogP contribution in [0.1, 0.15) is 31.7 Å². The van der Waals surface area contributed by atoms with Gasteiger partial charge in [0.05, 0.1) is 38.2 Å². The van der Waals surface area contributed by atoms with E-state index in [1.54, 1.807) is 12.1 Å². The average molecular weight is 427 g/mol. The van der Waals surface area contributed by atoms with E-state index in [1.165, 1.54) is 11.4 Å². The van der Waals surface area contributed by atoms with Crippen molar-refractivity contribution in [1.82, 2.24) is 9.62 Å². The van der Waals surface area contributed by atoms with E-state index in [2.05, 4.69) is 17.0 Å². The lowest BCUT2D eigenvalue weighted by Gasteiger charge is -2.31. The van der Waals surface area contributed by atoms with Gasteiger partial charge in [-0.05, 0) is 30.5 Å². The number of benzene rings is 1. The molecule has 0 atom stereocenters. The fourth-order valence-corrected chi connectivity index (χ4v) is 4.78. The van der Waals surface area contributed by atoms with Crippen LogP contribution in [-0.2, 0) is 30.8 Å². The number of quaternary nitrogens is 1. The van der Waals surface area contributed by atoms with Crippen LogP contribution in [0.25, 0.3) is 0 Å². The summed E-state index contributed by atoms with van der Waals surface area (Å²) in [7, 11) is -2.16. The Morgan fingerprint density at radius 1 is 1.17 bits per heavy atom. The summed E-state index contributed by atoms with van der Waals surface area (Å²) in [5, 5.41) is 2.79. The summed E-state index contributed by atoms with van der Waals surface area (Å²) in [6.45, 7) is 4.78. The molecule has 162 valence electrons. The lowest BCUT2D eigenvalue weighted by molar-refractivity contribution is -0.895. The molecule has 0 saturated carbocycles. The number of sulfonamides is 1. The Labute approximate surface area is 173 Å². The molecule has 0 aromatic heterocycles. The second-order valence-electron chi connectivity index (χ2n) is 7.25. The fraction of sp³-hybridized carbons (Fsp3) is 0.600. The summed E-state index contributed by atoms with van der Waals surface area (Å²) in [6.07, 6.45) is 2.78. The van der Waals surface area contributed by atoms with Gasteiger partial charge < -0.3 is 15.0 Å². The molecule has 0 aliphatic carbocycles. The van der Waals surface area contributed by atoms with Gasteiger partial charge in [-0.15, -0.1) is 0 Å². The van der Waals surface area contributed by atoms with E-state index in [4.69, 9.17) is 0 Å². The first-order chi connectivity index (χ1) is 13.9. The molecular formula is C20H32N3O5S+. The van der Waals surface area contributed by atoms with Gasteiger partial charge in [0, 0.05) is 13.0 Å². The third-order valence-electron chi connectivity index (χ3n) is 5.05. The van der Waals surface area contributed by atoms with Gasteiger partial charge in [0.2, 0.25) is 10.0 Å².